The number of nitrogens with zero attached hydrogens (tertiary/aromatic N) is 1. The van der Waals surface area contributed by atoms with Gasteiger partial charge in [-0.2, -0.15) is 4.31 Å². The second kappa shape index (κ2) is 8.02. The molecule has 0 atom stereocenters. The Morgan fingerprint density at radius 2 is 2.05 bits per heavy atom. The Labute approximate surface area is 120 Å². The summed E-state index contributed by atoms with van der Waals surface area (Å²) >= 11 is 0. The predicted molar refractivity (Wildman–Crippen MR) is 78.7 cm³/mol. The van der Waals surface area contributed by atoms with E-state index in [2.05, 4.69) is 11.8 Å². The molecule has 0 radical (unpaired) electrons. The van der Waals surface area contributed by atoms with Crippen molar-refractivity contribution in [3.05, 3.63) is 29.8 Å². The minimum absolute atomic E-state index is 0.190. The lowest BCUT2D eigenvalue weighted by Crippen LogP contribution is -2.34. The van der Waals surface area contributed by atoms with Gasteiger partial charge in [0.25, 0.3) is 0 Å². The molecule has 0 fully saturated rings. The van der Waals surface area contributed by atoms with Crippen molar-refractivity contribution in [2.75, 3.05) is 33.4 Å². The van der Waals surface area contributed by atoms with Gasteiger partial charge in [-0.25, -0.2) is 8.42 Å². The first kappa shape index (κ1) is 16.7. The van der Waals surface area contributed by atoms with E-state index in [1.165, 1.54) is 4.31 Å². The first-order valence-corrected chi connectivity index (χ1v) is 7.79. The van der Waals surface area contributed by atoms with Gasteiger partial charge in [-0.05, 0) is 12.1 Å². The van der Waals surface area contributed by atoms with Gasteiger partial charge in [0.2, 0.25) is 10.0 Å². The molecule has 0 unspecified atom stereocenters. The molecule has 0 aliphatic rings. The van der Waals surface area contributed by atoms with Gasteiger partial charge >= 0.3 is 0 Å². The number of hydrogen-bond donors (Lipinski definition) is 1. The van der Waals surface area contributed by atoms with Gasteiger partial charge in [-0.1, -0.05) is 30.9 Å². The van der Waals surface area contributed by atoms with Crippen LogP contribution in [0.3, 0.4) is 0 Å². The van der Waals surface area contributed by atoms with E-state index in [0.29, 0.717) is 25.3 Å². The van der Waals surface area contributed by atoms with Crippen LogP contribution < -0.4 is 5.73 Å². The van der Waals surface area contributed by atoms with Crippen molar-refractivity contribution in [3.8, 4) is 11.8 Å². The van der Waals surface area contributed by atoms with Gasteiger partial charge in [0, 0.05) is 25.8 Å². The first-order chi connectivity index (χ1) is 9.57. The molecular weight excluding hydrogens is 276 g/mol. The lowest BCUT2D eigenvalue weighted by Gasteiger charge is -2.20. The van der Waals surface area contributed by atoms with Crippen LogP contribution in [0.25, 0.3) is 0 Å². The third-order valence-corrected chi connectivity index (χ3v) is 4.76. The van der Waals surface area contributed by atoms with Crippen LogP contribution in [0.15, 0.2) is 29.2 Å². The van der Waals surface area contributed by atoms with Gasteiger partial charge in [-0.3, -0.25) is 0 Å². The van der Waals surface area contributed by atoms with Gasteiger partial charge in [0.05, 0.1) is 18.0 Å². The van der Waals surface area contributed by atoms with Crippen LogP contribution in [0, 0.1) is 11.8 Å². The summed E-state index contributed by atoms with van der Waals surface area (Å²) in [6.07, 6.45) is 0. The number of likely N-dealkylation sites (N-methyl/N-ethyl adjacent to an activating group) is 1. The average Bonchev–Trinajstić information content (AvgIpc) is 2.46. The molecule has 0 aromatic heterocycles. The van der Waals surface area contributed by atoms with Crippen LogP contribution in [0.2, 0.25) is 0 Å². The highest BCUT2D eigenvalue weighted by Gasteiger charge is 2.24. The monoisotopic (exact) mass is 296 g/mol. The van der Waals surface area contributed by atoms with Crippen molar-refractivity contribution in [2.24, 2.45) is 5.73 Å². The first-order valence-electron chi connectivity index (χ1n) is 6.35. The molecule has 0 aliphatic heterocycles. The van der Waals surface area contributed by atoms with Crippen LogP contribution in [0.1, 0.15) is 12.5 Å². The van der Waals surface area contributed by atoms with Crippen LogP contribution in [-0.4, -0.2) is 46.1 Å². The topological polar surface area (TPSA) is 72.6 Å². The molecule has 0 amide bonds. The average molecular weight is 296 g/mol. The summed E-state index contributed by atoms with van der Waals surface area (Å²) in [5.74, 6) is 5.49. The van der Waals surface area contributed by atoms with E-state index in [-0.39, 0.29) is 11.4 Å². The summed E-state index contributed by atoms with van der Waals surface area (Å²) in [6, 6.07) is 6.68. The molecule has 0 saturated heterocycles. The Balaban J connectivity index is 3.20. The Morgan fingerprint density at radius 1 is 1.35 bits per heavy atom. The highest BCUT2D eigenvalue weighted by Crippen LogP contribution is 2.19. The van der Waals surface area contributed by atoms with Crippen LogP contribution in [-0.2, 0) is 14.8 Å². The van der Waals surface area contributed by atoms with Crippen LogP contribution in [0.5, 0.6) is 0 Å². The summed E-state index contributed by atoms with van der Waals surface area (Å²) in [7, 11) is -2.03. The third-order valence-electron chi connectivity index (χ3n) is 2.73. The van der Waals surface area contributed by atoms with Gasteiger partial charge < -0.3 is 10.5 Å². The summed E-state index contributed by atoms with van der Waals surface area (Å²) in [6.45, 7) is 3.03. The van der Waals surface area contributed by atoms with Gasteiger partial charge in [0.15, 0.2) is 0 Å². The van der Waals surface area contributed by atoms with Gasteiger partial charge in [-0.15, -0.1) is 0 Å². The molecular formula is C14H20N2O3S. The molecule has 0 aliphatic carbocycles. The SMILES string of the molecule is CCN(CCOC)S(=O)(=O)c1ccccc1C#CCN. The van der Waals surface area contributed by atoms with Crippen molar-refractivity contribution in [3.63, 3.8) is 0 Å². The van der Waals surface area contributed by atoms with Crippen molar-refractivity contribution in [2.45, 2.75) is 11.8 Å². The molecule has 0 spiro atoms. The lowest BCUT2D eigenvalue weighted by molar-refractivity contribution is 0.180. The normalized spacial score (nSPS) is 11.2. The Bertz CT molecular complexity index is 588. The van der Waals surface area contributed by atoms with Crippen molar-refractivity contribution < 1.29 is 13.2 Å². The fourth-order valence-electron chi connectivity index (χ4n) is 1.72. The number of sulfonamides is 1. The molecule has 110 valence electrons. The minimum Gasteiger partial charge on any atom is -0.383 e. The second-order valence-electron chi connectivity index (χ2n) is 3.99. The van der Waals surface area contributed by atoms with E-state index < -0.39 is 10.0 Å². The highest BCUT2D eigenvalue weighted by atomic mass is 32.2. The van der Waals surface area contributed by atoms with E-state index in [4.69, 9.17) is 10.5 Å². The number of rotatable bonds is 6. The maximum absolute atomic E-state index is 12.6. The van der Waals surface area contributed by atoms with E-state index in [1.807, 2.05) is 0 Å². The fraction of sp³-hybridized carbons (Fsp3) is 0.429. The van der Waals surface area contributed by atoms with E-state index in [1.54, 1.807) is 38.3 Å². The Hall–Kier alpha value is -1.39. The number of methoxy groups -OCH3 is 1. The summed E-state index contributed by atoms with van der Waals surface area (Å²) < 4.78 is 31.6. The maximum atomic E-state index is 12.6. The molecule has 0 saturated carbocycles. The summed E-state index contributed by atoms with van der Waals surface area (Å²) in [4.78, 5) is 0.207. The summed E-state index contributed by atoms with van der Waals surface area (Å²) in [5, 5.41) is 0. The van der Waals surface area contributed by atoms with Crippen molar-refractivity contribution in [1.29, 1.82) is 0 Å². The largest absolute Gasteiger partial charge is 0.383 e. The molecule has 0 bridgehead atoms. The molecule has 6 heteroatoms. The standard InChI is InChI=1S/C14H20N2O3S/c1-3-16(11-12-19-2)20(17,18)14-9-5-4-7-13(14)8-6-10-15/h4-5,7,9H,3,10-12,15H2,1-2H3. The Kier molecular flexibility index (Phi) is 6.68. The molecule has 5 nitrogen and oxygen atoms in total. The van der Waals surface area contributed by atoms with Gasteiger partial charge in [0.1, 0.15) is 0 Å². The number of ether oxygens (including phenoxy) is 1. The quantitative estimate of drug-likeness (QED) is 0.783. The number of benzene rings is 1. The highest BCUT2D eigenvalue weighted by molar-refractivity contribution is 7.89. The Morgan fingerprint density at radius 3 is 2.65 bits per heavy atom. The zero-order valence-corrected chi connectivity index (χ0v) is 12.6. The van der Waals surface area contributed by atoms with Crippen molar-refractivity contribution in [1.82, 2.24) is 4.31 Å². The number of nitrogens with two attached hydrogens (primary N) is 1. The molecule has 1 rings (SSSR count). The van der Waals surface area contributed by atoms with Crippen LogP contribution in [0.4, 0.5) is 0 Å². The minimum atomic E-state index is -3.57. The van der Waals surface area contributed by atoms with E-state index in [9.17, 15) is 8.42 Å². The zero-order chi connectivity index (χ0) is 15.0. The molecule has 1 aromatic rings. The second-order valence-corrected chi connectivity index (χ2v) is 5.90. The predicted octanol–water partition coefficient (Wildman–Crippen LogP) is 0.654. The molecule has 20 heavy (non-hydrogen) atoms. The number of hydrogen-bond acceptors (Lipinski definition) is 4. The lowest BCUT2D eigenvalue weighted by atomic mass is 10.2. The van der Waals surface area contributed by atoms with Crippen LogP contribution >= 0.6 is 0 Å². The fourth-order valence-corrected chi connectivity index (χ4v) is 3.30. The molecule has 0 heterocycles. The smallest absolute Gasteiger partial charge is 0.244 e. The molecule has 2 N–H and O–H groups in total. The van der Waals surface area contributed by atoms with E-state index in [0.717, 1.165) is 0 Å². The third kappa shape index (κ3) is 4.05. The van der Waals surface area contributed by atoms with E-state index >= 15 is 0 Å². The maximum Gasteiger partial charge on any atom is 0.244 e. The molecule has 1 aromatic carbocycles. The summed E-state index contributed by atoms with van der Waals surface area (Å²) in [5.41, 5.74) is 5.80. The zero-order valence-electron chi connectivity index (χ0n) is 11.8. The van der Waals surface area contributed by atoms with Crippen molar-refractivity contribution >= 4 is 10.0 Å².